The van der Waals surface area contributed by atoms with E-state index in [9.17, 15) is 4.79 Å². The van der Waals surface area contributed by atoms with E-state index in [1.165, 1.54) is 5.56 Å². The first-order valence-electron chi connectivity index (χ1n) is 6.46. The normalized spacial score (nSPS) is 11.8. The van der Waals surface area contributed by atoms with Gasteiger partial charge in [-0.3, -0.25) is 4.79 Å². The zero-order chi connectivity index (χ0) is 14.7. The second kappa shape index (κ2) is 5.44. The zero-order valence-corrected chi connectivity index (χ0v) is 12.4. The molecule has 0 fully saturated rings. The fourth-order valence-corrected chi connectivity index (χ4v) is 1.86. The highest BCUT2D eigenvalue weighted by Gasteiger charge is 2.22. The van der Waals surface area contributed by atoms with Crippen molar-refractivity contribution >= 4 is 5.91 Å². The molecule has 1 aromatic rings. The summed E-state index contributed by atoms with van der Waals surface area (Å²) >= 11 is 0. The Morgan fingerprint density at radius 1 is 1.11 bits per heavy atom. The molecule has 1 amide bonds. The Labute approximate surface area is 115 Å². The van der Waals surface area contributed by atoms with E-state index >= 15 is 0 Å². The fourth-order valence-electron chi connectivity index (χ4n) is 1.86. The summed E-state index contributed by atoms with van der Waals surface area (Å²) in [6, 6.07) is 10.0. The van der Waals surface area contributed by atoms with Gasteiger partial charge in [0.2, 0.25) is 0 Å². The monoisotopic (exact) mass is 258 g/mol. The average molecular weight is 258 g/mol. The van der Waals surface area contributed by atoms with Crippen molar-refractivity contribution in [2.75, 3.05) is 6.54 Å². The van der Waals surface area contributed by atoms with Crippen LogP contribution in [0.15, 0.2) is 24.3 Å². The molecule has 0 aliphatic heterocycles. The van der Waals surface area contributed by atoms with Crippen molar-refractivity contribution < 1.29 is 4.79 Å². The van der Waals surface area contributed by atoms with Crippen molar-refractivity contribution in [3.8, 4) is 6.07 Å². The Bertz CT molecular complexity index is 487. The molecule has 0 spiro atoms. The Morgan fingerprint density at radius 3 is 2.00 bits per heavy atom. The Kier molecular flexibility index (Phi) is 4.36. The lowest BCUT2D eigenvalue weighted by Crippen LogP contribution is -2.36. The maximum atomic E-state index is 11.0. The summed E-state index contributed by atoms with van der Waals surface area (Å²) in [5, 5.41) is 11.1. The number of nitriles is 1. The predicted octanol–water partition coefficient (Wildman–Crippen LogP) is 2.90. The summed E-state index contributed by atoms with van der Waals surface area (Å²) < 4.78 is 0. The first kappa shape index (κ1) is 15.2. The van der Waals surface area contributed by atoms with Crippen molar-refractivity contribution in [1.82, 2.24) is 5.32 Å². The topological polar surface area (TPSA) is 52.9 Å². The van der Waals surface area contributed by atoms with Gasteiger partial charge in [-0.25, -0.2) is 0 Å². The number of nitrogens with zero attached hydrogens (tertiary/aromatic N) is 1. The quantitative estimate of drug-likeness (QED) is 0.847. The predicted molar refractivity (Wildman–Crippen MR) is 76.8 cm³/mol. The molecule has 0 radical (unpaired) electrons. The molecule has 3 heteroatoms. The molecule has 0 atom stereocenters. The van der Waals surface area contributed by atoms with Crippen LogP contribution in [0.25, 0.3) is 0 Å². The fraction of sp³-hybridized carbons (Fsp3) is 0.500. The smallest absolute Gasteiger partial charge is 0.322 e. The zero-order valence-electron chi connectivity index (χ0n) is 12.4. The molecule has 19 heavy (non-hydrogen) atoms. The van der Waals surface area contributed by atoms with E-state index in [0.29, 0.717) is 6.54 Å². The summed E-state index contributed by atoms with van der Waals surface area (Å²) in [5.41, 5.74) is 2.38. The molecule has 0 unspecified atom stereocenters. The van der Waals surface area contributed by atoms with Gasteiger partial charge in [0.05, 0.1) is 0 Å². The van der Waals surface area contributed by atoms with E-state index in [-0.39, 0.29) is 10.8 Å². The third kappa shape index (κ3) is 4.10. The first-order chi connectivity index (χ1) is 8.66. The van der Waals surface area contributed by atoms with Crippen LogP contribution in [0.1, 0.15) is 45.7 Å². The molecule has 3 nitrogen and oxygen atoms in total. The highest BCUT2D eigenvalue weighted by Crippen LogP contribution is 2.27. The summed E-state index contributed by atoms with van der Waals surface area (Å²) in [6.45, 7) is 11.1. The van der Waals surface area contributed by atoms with Crippen LogP contribution in [0, 0.1) is 11.3 Å². The van der Waals surface area contributed by atoms with E-state index in [1.807, 2.05) is 0 Å². The molecule has 0 heterocycles. The molecule has 0 aliphatic rings. The number of carbonyl (C=O) groups is 1. The van der Waals surface area contributed by atoms with Crippen LogP contribution in [0.4, 0.5) is 0 Å². The molecule has 1 aromatic carbocycles. The Balaban J connectivity index is 2.85. The summed E-state index contributed by atoms with van der Waals surface area (Å²) in [7, 11) is 0. The Hall–Kier alpha value is -1.82. The van der Waals surface area contributed by atoms with Gasteiger partial charge in [0.15, 0.2) is 6.07 Å². The van der Waals surface area contributed by atoms with E-state index in [1.54, 1.807) is 6.07 Å². The maximum absolute atomic E-state index is 11.0. The SMILES string of the molecule is CC(C)(C)c1ccc(C(C)(C)CNC(=O)C#N)cc1. The molecular formula is C16H22N2O. The molecule has 0 aliphatic carbocycles. The van der Waals surface area contributed by atoms with Crippen LogP contribution < -0.4 is 5.32 Å². The van der Waals surface area contributed by atoms with Crippen LogP contribution in [0.3, 0.4) is 0 Å². The minimum Gasteiger partial charge on any atom is -0.343 e. The van der Waals surface area contributed by atoms with Gasteiger partial charge in [-0.15, -0.1) is 0 Å². The molecule has 0 saturated carbocycles. The van der Waals surface area contributed by atoms with Crippen LogP contribution in [-0.2, 0) is 15.6 Å². The number of nitrogens with one attached hydrogen (secondary N) is 1. The number of hydrogen-bond acceptors (Lipinski definition) is 2. The van der Waals surface area contributed by atoms with Crippen molar-refractivity contribution in [2.24, 2.45) is 0 Å². The number of carbonyl (C=O) groups excluding carboxylic acids is 1. The van der Waals surface area contributed by atoms with Crippen LogP contribution in [-0.4, -0.2) is 12.5 Å². The van der Waals surface area contributed by atoms with E-state index in [0.717, 1.165) is 5.56 Å². The molecular weight excluding hydrogens is 236 g/mol. The molecule has 1 rings (SSSR count). The van der Waals surface area contributed by atoms with Crippen LogP contribution in [0.2, 0.25) is 0 Å². The number of amides is 1. The van der Waals surface area contributed by atoms with Crippen molar-refractivity contribution in [1.29, 1.82) is 5.26 Å². The number of benzene rings is 1. The molecule has 1 N–H and O–H groups in total. The largest absolute Gasteiger partial charge is 0.343 e. The average Bonchev–Trinajstić information content (AvgIpc) is 2.35. The van der Waals surface area contributed by atoms with Crippen molar-refractivity contribution in [2.45, 2.75) is 45.4 Å². The summed E-state index contributed by atoms with van der Waals surface area (Å²) in [6.07, 6.45) is 0. The summed E-state index contributed by atoms with van der Waals surface area (Å²) in [5.74, 6) is -0.584. The van der Waals surface area contributed by atoms with Gasteiger partial charge in [0, 0.05) is 12.0 Å². The van der Waals surface area contributed by atoms with Gasteiger partial charge in [-0.05, 0) is 16.5 Å². The highest BCUT2D eigenvalue weighted by molar-refractivity contribution is 5.91. The number of rotatable bonds is 3. The standard InChI is InChI=1S/C16H22N2O/c1-15(2,3)12-6-8-13(9-7-12)16(4,5)11-18-14(19)10-17/h6-9H,11H2,1-5H3,(H,18,19). The van der Waals surface area contributed by atoms with E-state index in [4.69, 9.17) is 5.26 Å². The minimum absolute atomic E-state index is 0.137. The van der Waals surface area contributed by atoms with Gasteiger partial charge < -0.3 is 5.32 Å². The third-order valence-electron chi connectivity index (χ3n) is 3.32. The van der Waals surface area contributed by atoms with E-state index in [2.05, 4.69) is 64.2 Å². The lowest BCUT2D eigenvalue weighted by atomic mass is 9.81. The Morgan fingerprint density at radius 2 is 1.58 bits per heavy atom. The van der Waals surface area contributed by atoms with Crippen molar-refractivity contribution in [3.63, 3.8) is 0 Å². The van der Waals surface area contributed by atoms with Gasteiger partial charge in [-0.2, -0.15) is 5.26 Å². The van der Waals surface area contributed by atoms with Gasteiger partial charge in [-0.1, -0.05) is 58.9 Å². The van der Waals surface area contributed by atoms with Crippen LogP contribution >= 0.6 is 0 Å². The van der Waals surface area contributed by atoms with Gasteiger partial charge >= 0.3 is 5.91 Å². The lowest BCUT2D eigenvalue weighted by Gasteiger charge is -2.26. The first-order valence-corrected chi connectivity index (χ1v) is 6.46. The molecule has 102 valence electrons. The van der Waals surface area contributed by atoms with Crippen molar-refractivity contribution in [3.05, 3.63) is 35.4 Å². The van der Waals surface area contributed by atoms with Crippen LogP contribution in [0.5, 0.6) is 0 Å². The highest BCUT2D eigenvalue weighted by atomic mass is 16.1. The van der Waals surface area contributed by atoms with E-state index < -0.39 is 5.91 Å². The lowest BCUT2D eigenvalue weighted by molar-refractivity contribution is -0.116. The summed E-state index contributed by atoms with van der Waals surface area (Å²) in [4.78, 5) is 11.0. The van der Waals surface area contributed by atoms with Gasteiger partial charge in [0.1, 0.15) is 0 Å². The third-order valence-corrected chi connectivity index (χ3v) is 3.32. The molecule has 0 aromatic heterocycles. The second-order valence-electron chi connectivity index (χ2n) is 6.51. The second-order valence-corrected chi connectivity index (χ2v) is 6.51. The van der Waals surface area contributed by atoms with Gasteiger partial charge in [0.25, 0.3) is 0 Å². The molecule has 0 saturated heterocycles. The maximum Gasteiger partial charge on any atom is 0.322 e. The minimum atomic E-state index is -0.584. The number of hydrogen-bond donors (Lipinski definition) is 1. The molecule has 0 bridgehead atoms.